The van der Waals surface area contributed by atoms with Crippen molar-refractivity contribution >= 4 is 12.4 Å². The van der Waals surface area contributed by atoms with Crippen LogP contribution >= 0.6 is 12.4 Å². The Morgan fingerprint density at radius 2 is 1.88 bits per heavy atom. The Labute approximate surface area is 52.1 Å². The van der Waals surface area contributed by atoms with Crippen molar-refractivity contribution < 1.29 is 13.9 Å². The van der Waals surface area contributed by atoms with Gasteiger partial charge in [-0.25, -0.2) is 8.78 Å². The van der Waals surface area contributed by atoms with E-state index in [9.17, 15) is 8.78 Å². The summed E-state index contributed by atoms with van der Waals surface area (Å²) in [5.74, 6) is 0. The largest absolute Gasteiger partial charge is 0.386 e. The minimum Gasteiger partial charge on any atom is -0.386 e. The van der Waals surface area contributed by atoms with E-state index in [4.69, 9.17) is 5.11 Å². The number of hydrogen-bond acceptors (Lipinski definition) is 2. The predicted octanol–water partition coefficient (Wildman–Crippen LogP) is -0.00710. The van der Waals surface area contributed by atoms with Gasteiger partial charge in [-0.05, 0) is 0 Å². The van der Waals surface area contributed by atoms with Crippen LogP contribution in [0, 0.1) is 0 Å². The second-order valence-corrected chi connectivity index (χ2v) is 1.14. The molecule has 0 rings (SSSR count). The number of hydrogen-bond donors (Lipinski definition) is 2. The molecule has 0 unspecified atom stereocenters. The summed E-state index contributed by atoms with van der Waals surface area (Å²) in [7, 11) is 0. The summed E-state index contributed by atoms with van der Waals surface area (Å²) in [6.07, 6.45) is -4.36. The smallest absolute Gasteiger partial charge is 0.265 e. The molecule has 0 aromatic carbocycles. The van der Waals surface area contributed by atoms with Crippen LogP contribution < -0.4 is 5.73 Å². The van der Waals surface area contributed by atoms with Gasteiger partial charge in [0.2, 0.25) is 0 Å². The number of aliphatic hydroxyl groups excluding tert-OH is 1. The number of halogens is 3. The van der Waals surface area contributed by atoms with Crippen molar-refractivity contribution in [2.24, 2.45) is 5.73 Å². The van der Waals surface area contributed by atoms with Crippen molar-refractivity contribution in [3.8, 4) is 0 Å². The number of alkyl halides is 2. The Morgan fingerprint density at radius 3 is 1.88 bits per heavy atom. The molecule has 5 heteroatoms. The van der Waals surface area contributed by atoms with Gasteiger partial charge in [-0.1, -0.05) is 0 Å². The van der Waals surface area contributed by atoms with Crippen molar-refractivity contribution in [1.29, 1.82) is 0 Å². The molecule has 0 aliphatic heterocycles. The fraction of sp³-hybridized carbons (Fsp3) is 1.00. The van der Waals surface area contributed by atoms with E-state index in [0.29, 0.717) is 0 Å². The number of rotatable bonds is 2. The average molecular weight is 148 g/mol. The van der Waals surface area contributed by atoms with E-state index in [1.165, 1.54) is 0 Å². The zero-order chi connectivity index (χ0) is 5.86. The fourth-order valence-electron chi connectivity index (χ4n) is 0.103. The molecule has 0 amide bonds. The van der Waals surface area contributed by atoms with Crippen LogP contribution in [-0.4, -0.2) is 24.2 Å². The summed E-state index contributed by atoms with van der Waals surface area (Å²) < 4.78 is 22.2. The fourth-order valence-corrected chi connectivity index (χ4v) is 0.103. The van der Waals surface area contributed by atoms with Gasteiger partial charge in [0.05, 0.1) is 0 Å². The predicted molar refractivity (Wildman–Crippen MR) is 28.3 cm³/mol. The van der Waals surface area contributed by atoms with E-state index in [0.717, 1.165) is 0 Å². The Morgan fingerprint density at radius 1 is 1.50 bits per heavy atom. The molecule has 0 spiro atoms. The Hall–Kier alpha value is 0.0700. The minimum atomic E-state index is -2.70. The molecule has 2 nitrogen and oxygen atoms in total. The average Bonchev–Trinajstić information content (AvgIpc) is 1.65. The van der Waals surface area contributed by atoms with Crippen LogP contribution in [0.3, 0.4) is 0 Å². The Balaban J connectivity index is 0. The van der Waals surface area contributed by atoms with Gasteiger partial charge in [-0.15, -0.1) is 12.4 Å². The van der Waals surface area contributed by atoms with E-state index in [1.807, 2.05) is 0 Å². The SMILES string of the molecule is Cl.NC[C@@H](O)C(F)F. The van der Waals surface area contributed by atoms with Gasteiger partial charge in [0.1, 0.15) is 6.10 Å². The van der Waals surface area contributed by atoms with Crippen LogP contribution in [0.4, 0.5) is 8.78 Å². The topological polar surface area (TPSA) is 46.2 Å². The molecular weight excluding hydrogens is 139 g/mol. The summed E-state index contributed by atoms with van der Waals surface area (Å²) in [4.78, 5) is 0. The summed E-state index contributed by atoms with van der Waals surface area (Å²) >= 11 is 0. The molecule has 8 heavy (non-hydrogen) atoms. The standard InChI is InChI=1S/C3H7F2NO.ClH/c4-3(5)2(7)1-6;/h2-3,7H,1,6H2;1H/t2-;/m1./s1. The van der Waals surface area contributed by atoms with E-state index in [1.54, 1.807) is 0 Å². The van der Waals surface area contributed by atoms with Crippen molar-refractivity contribution in [1.82, 2.24) is 0 Å². The van der Waals surface area contributed by atoms with Gasteiger partial charge in [0.25, 0.3) is 6.43 Å². The molecule has 3 N–H and O–H groups in total. The van der Waals surface area contributed by atoms with Crippen molar-refractivity contribution in [3.63, 3.8) is 0 Å². The first-order chi connectivity index (χ1) is 3.18. The van der Waals surface area contributed by atoms with Gasteiger partial charge in [-0.2, -0.15) is 0 Å². The first kappa shape index (κ1) is 10.9. The van der Waals surface area contributed by atoms with E-state index in [2.05, 4.69) is 5.73 Å². The second-order valence-electron chi connectivity index (χ2n) is 1.14. The van der Waals surface area contributed by atoms with Crippen LogP contribution in [-0.2, 0) is 0 Å². The molecule has 0 aliphatic carbocycles. The van der Waals surface area contributed by atoms with Crippen molar-refractivity contribution in [3.05, 3.63) is 0 Å². The van der Waals surface area contributed by atoms with Crippen LogP contribution in [0.5, 0.6) is 0 Å². The monoisotopic (exact) mass is 147 g/mol. The quantitative estimate of drug-likeness (QED) is 0.577. The third kappa shape index (κ3) is 4.23. The van der Waals surface area contributed by atoms with Crippen LogP contribution in [0.15, 0.2) is 0 Å². The van der Waals surface area contributed by atoms with Gasteiger partial charge in [-0.3, -0.25) is 0 Å². The summed E-state index contributed by atoms with van der Waals surface area (Å²) in [6.45, 7) is -0.377. The molecule has 0 saturated heterocycles. The van der Waals surface area contributed by atoms with Crippen LogP contribution in [0.25, 0.3) is 0 Å². The van der Waals surface area contributed by atoms with Gasteiger partial charge in [0, 0.05) is 6.54 Å². The molecule has 0 aliphatic rings. The maximum atomic E-state index is 11.1. The highest BCUT2D eigenvalue weighted by Gasteiger charge is 2.12. The molecular formula is C3H8ClF2NO. The van der Waals surface area contributed by atoms with Gasteiger partial charge < -0.3 is 10.8 Å². The lowest BCUT2D eigenvalue weighted by molar-refractivity contribution is 0.00150. The van der Waals surface area contributed by atoms with E-state index < -0.39 is 12.5 Å². The van der Waals surface area contributed by atoms with Gasteiger partial charge >= 0.3 is 0 Å². The van der Waals surface area contributed by atoms with Crippen molar-refractivity contribution in [2.45, 2.75) is 12.5 Å². The van der Waals surface area contributed by atoms with E-state index >= 15 is 0 Å². The Bertz CT molecular complexity index is 54.5. The second kappa shape index (κ2) is 5.21. The molecule has 0 fully saturated rings. The maximum absolute atomic E-state index is 11.1. The molecule has 0 saturated carbocycles. The zero-order valence-corrected chi connectivity index (χ0v) is 4.87. The lowest BCUT2D eigenvalue weighted by Gasteiger charge is -2.02. The molecule has 52 valence electrons. The Kier molecular flexibility index (Phi) is 7.13. The normalized spacial score (nSPS) is 13.1. The highest BCUT2D eigenvalue weighted by atomic mass is 35.5. The van der Waals surface area contributed by atoms with Crippen molar-refractivity contribution in [2.75, 3.05) is 6.54 Å². The van der Waals surface area contributed by atoms with E-state index in [-0.39, 0.29) is 19.0 Å². The molecule has 1 atom stereocenters. The minimum absolute atomic E-state index is 0. The lowest BCUT2D eigenvalue weighted by Crippen LogP contribution is -2.26. The summed E-state index contributed by atoms with van der Waals surface area (Å²) in [5, 5.41) is 8.06. The highest BCUT2D eigenvalue weighted by molar-refractivity contribution is 5.85. The third-order valence-corrected chi connectivity index (χ3v) is 0.532. The van der Waals surface area contributed by atoms with Crippen LogP contribution in [0.1, 0.15) is 0 Å². The van der Waals surface area contributed by atoms with Crippen LogP contribution in [0.2, 0.25) is 0 Å². The molecule has 0 aromatic rings. The van der Waals surface area contributed by atoms with Gasteiger partial charge in [0.15, 0.2) is 0 Å². The first-order valence-electron chi connectivity index (χ1n) is 1.84. The molecule has 0 radical (unpaired) electrons. The third-order valence-electron chi connectivity index (χ3n) is 0.532. The summed E-state index contributed by atoms with van der Waals surface area (Å²) in [6, 6.07) is 0. The first-order valence-corrected chi connectivity index (χ1v) is 1.84. The number of nitrogens with two attached hydrogens (primary N) is 1. The lowest BCUT2D eigenvalue weighted by atomic mass is 10.4. The highest BCUT2D eigenvalue weighted by Crippen LogP contribution is 1.96. The molecule has 0 aromatic heterocycles. The number of aliphatic hydroxyl groups is 1. The molecule has 0 bridgehead atoms. The molecule has 0 heterocycles. The zero-order valence-electron chi connectivity index (χ0n) is 4.05. The summed E-state index contributed by atoms with van der Waals surface area (Å²) in [5.41, 5.74) is 4.64. The maximum Gasteiger partial charge on any atom is 0.265 e.